The van der Waals surface area contributed by atoms with Gasteiger partial charge in [0.25, 0.3) is 11.8 Å². The summed E-state index contributed by atoms with van der Waals surface area (Å²) in [5, 5.41) is 30.3. The Morgan fingerprint density at radius 2 is 0.786 bits per heavy atom. The van der Waals surface area contributed by atoms with Gasteiger partial charge in [-0.3, -0.25) is 29.1 Å². The highest BCUT2D eigenvalue weighted by Gasteiger charge is 2.46. The van der Waals surface area contributed by atoms with Gasteiger partial charge in [0.2, 0.25) is 0 Å². The van der Waals surface area contributed by atoms with Crippen molar-refractivity contribution in [1.29, 1.82) is 0 Å². The van der Waals surface area contributed by atoms with Crippen molar-refractivity contribution in [1.82, 2.24) is 39.0 Å². The standard InChI is InChI=1S/C34H46N4O2.C32H41F3N2O2.C32H42F2N2O2/c1-25-7-4-11-28(19-25)30-23-38(33(34(39)40)20-27-8-5-9-27)22-29(30)21-36-17-14-26(15-18-36)10-6-16-37-24-35-31-12-2-3-13-32(31)37;33-28-11-9-27(10-12-28)32(34,35)16-13-23-14-17-36(18-15-23)20-26-21-37(22-29(26)25-7-2-1-3-8-25)30(31(38)39)19-24-5-4-6-24;33-32(34,28-12-5-2-6-13-28)17-14-24-15-18-35(19-16-24)21-27-22-36(23-29(27)26-10-3-1-4-11-26)30(31(37)38)20-25-8-7-9-25/h2-4,7,11-13,19,24,26-27,29-30,33H,5-6,8-10,14-18,20-23H2,1H3,(H,39,40);1-3,7-12,23-24,26,29-30H,4-6,13-22H2,(H,38,39);1-6,10-13,24-25,27,29-30H,7-9,14-23H2,(H,37,38)/t29-,30+,33+;26-,29+,30+;27-,29+,30+/m000/s1. The molecule has 6 saturated heterocycles. The molecule has 9 aliphatic rings. The van der Waals surface area contributed by atoms with Gasteiger partial charge >= 0.3 is 17.9 Å². The fourth-order valence-electron chi connectivity index (χ4n) is 21.4. The third-order valence-corrected chi connectivity index (χ3v) is 29.2. The number of para-hydroxylation sites is 2. The lowest BCUT2D eigenvalue weighted by atomic mass is 9.80. The number of aliphatic carboxylic acids is 3. The molecule has 0 spiro atoms. The van der Waals surface area contributed by atoms with Crippen molar-refractivity contribution in [2.75, 3.05) is 98.2 Å². The van der Waals surface area contributed by atoms with Gasteiger partial charge in [-0.05, 0) is 224 Å². The maximum Gasteiger partial charge on any atom is 0.320 e. The van der Waals surface area contributed by atoms with Gasteiger partial charge in [0.05, 0.1) is 17.4 Å². The largest absolute Gasteiger partial charge is 0.480 e. The zero-order valence-corrected chi connectivity index (χ0v) is 69.1. The minimum Gasteiger partial charge on any atom is -0.480 e. The van der Waals surface area contributed by atoms with Crippen molar-refractivity contribution >= 4 is 28.9 Å². The second-order valence-electron chi connectivity index (χ2n) is 37.0. The van der Waals surface area contributed by atoms with Gasteiger partial charge in [-0.15, -0.1) is 0 Å². The fourth-order valence-corrected chi connectivity index (χ4v) is 21.4. The number of hydrogen-bond donors (Lipinski definition) is 3. The summed E-state index contributed by atoms with van der Waals surface area (Å²) in [5.41, 5.74) is 7.59. The Labute approximate surface area is 692 Å². The molecule has 14 nitrogen and oxygen atoms in total. The predicted molar refractivity (Wildman–Crippen MR) is 453 cm³/mol. The van der Waals surface area contributed by atoms with E-state index in [4.69, 9.17) is 0 Å². The van der Waals surface area contributed by atoms with E-state index in [-0.39, 0.29) is 35.9 Å². The number of piperidine rings is 3. The van der Waals surface area contributed by atoms with Crippen LogP contribution < -0.4 is 0 Å². The summed E-state index contributed by atoms with van der Waals surface area (Å²) in [6, 6.07) is 50.0. The Kier molecular flexibility index (Phi) is 30.0. The molecular weight excluding hydrogens is 1480 g/mol. The molecular formula is C98H129F5N8O6. The van der Waals surface area contributed by atoms with Crippen LogP contribution >= 0.6 is 0 Å². The van der Waals surface area contributed by atoms with E-state index in [2.05, 4.69) is 143 Å². The van der Waals surface area contributed by atoms with Crippen LogP contribution in [-0.2, 0) is 32.8 Å². The van der Waals surface area contributed by atoms with E-state index in [0.29, 0.717) is 72.0 Å². The number of carboxylic acids is 3. The van der Waals surface area contributed by atoms with E-state index in [1.54, 1.807) is 18.2 Å². The molecule has 6 aliphatic heterocycles. The number of rotatable bonds is 33. The molecule has 0 unspecified atom stereocenters. The summed E-state index contributed by atoms with van der Waals surface area (Å²) < 4.78 is 74.1. The Morgan fingerprint density at radius 3 is 1.18 bits per heavy atom. The zero-order valence-electron chi connectivity index (χ0n) is 69.1. The predicted octanol–water partition coefficient (Wildman–Crippen LogP) is 19.6. The van der Waals surface area contributed by atoms with Crippen molar-refractivity contribution in [3.05, 3.63) is 209 Å². The van der Waals surface area contributed by atoms with Crippen LogP contribution in [0.1, 0.15) is 205 Å². The average molecular weight is 1610 g/mol. The van der Waals surface area contributed by atoms with Crippen molar-refractivity contribution in [2.45, 2.75) is 215 Å². The molecule has 19 heteroatoms. The molecule has 9 fully saturated rings. The molecule has 0 radical (unpaired) electrons. The average Bonchev–Trinajstić information content (AvgIpc) is 1.66. The molecule has 0 bridgehead atoms. The van der Waals surface area contributed by atoms with Crippen molar-refractivity contribution in [3.8, 4) is 0 Å². The number of aryl methyl sites for hydroxylation is 2. The lowest BCUT2D eigenvalue weighted by Crippen LogP contribution is -2.43. The summed E-state index contributed by atoms with van der Waals surface area (Å²) in [6.45, 7) is 17.1. The first-order valence-electron chi connectivity index (χ1n) is 44.9. The van der Waals surface area contributed by atoms with Crippen molar-refractivity contribution in [3.63, 3.8) is 0 Å². The number of carboxylic acid groups (broad SMARTS) is 3. The fraction of sp³-hybridized carbons (Fsp3) is 0.592. The summed E-state index contributed by atoms with van der Waals surface area (Å²) in [4.78, 5) is 55.8. The lowest BCUT2D eigenvalue weighted by molar-refractivity contribution is -0.145. The van der Waals surface area contributed by atoms with E-state index in [1.807, 2.05) is 18.5 Å². The molecule has 632 valence electrons. The van der Waals surface area contributed by atoms with E-state index in [0.717, 1.165) is 186 Å². The second-order valence-corrected chi connectivity index (χ2v) is 37.0. The Bertz CT molecular complexity index is 4220. The first kappa shape index (κ1) is 86.0. The molecule has 7 aromatic rings. The summed E-state index contributed by atoms with van der Waals surface area (Å²) in [6.07, 6.45) is 24.5. The topological polar surface area (TPSA) is 149 Å². The monoisotopic (exact) mass is 1610 g/mol. The molecule has 1 aromatic heterocycles. The van der Waals surface area contributed by atoms with Gasteiger partial charge < -0.3 is 34.6 Å². The van der Waals surface area contributed by atoms with E-state index >= 15 is 0 Å². The number of imidazole rings is 1. The number of aromatic nitrogens is 2. The lowest BCUT2D eigenvalue weighted by Gasteiger charge is -2.35. The number of carbonyl (C=O) groups is 3. The molecule has 3 aliphatic carbocycles. The summed E-state index contributed by atoms with van der Waals surface area (Å²) in [5.74, 6) is -2.91. The third kappa shape index (κ3) is 23.2. The number of nitrogens with zero attached hydrogens (tertiary/aromatic N) is 8. The van der Waals surface area contributed by atoms with Crippen molar-refractivity contribution in [2.24, 2.45) is 53.3 Å². The number of fused-ring (bicyclic) bond motifs is 1. The van der Waals surface area contributed by atoms with Crippen LogP contribution in [0.4, 0.5) is 22.0 Å². The SMILES string of the molecule is Cc1cccc([C@H]2CN([C@H](CC3CCC3)C(=O)O)C[C@@H]2CN2CCC(CCCn3cnc4ccccc43)CC2)c1.O=C(O)[C@@H](CC1CCC1)N1C[C@H](CN2CCC(CCC(F)(F)c3ccc(F)cc3)CC2)[C@@H](c2ccccc2)C1.O=C(O)[C@@H](CC1CCC1)N1C[C@H](CN2CCC(CCC(F)(F)c3ccccc3)CC2)[C@@H](c2ccccc2)C1. The van der Waals surface area contributed by atoms with Crippen molar-refractivity contribution < 1.29 is 51.7 Å². The van der Waals surface area contributed by atoms with Gasteiger partial charge in [0.15, 0.2) is 0 Å². The van der Waals surface area contributed by atoms with Crippen LogP contribution in [0.2, 0.25) is 0 Å². The van der Waals surface area contributed by atoms with Gasteiger partial charge in [0.1, 0.15) is 23.9 Å². The number of benzene rings is 6. The molecule has 9 atom stereocenters. The Morgan fingerprint density at radius 1 is 0.419 bits per heavy atom. The molecule has 16 rings (SSSR count). The molecule has 7 heterocycles. The highest BCUT2D eigenvalue weighted by molar-refractivity contribution is 5.75. The zero-order chi connectivity index (χ0) is 81.4. The first-order chi connectivity index (χ1) is 56.7. The molecule has 3 N–H and O–H groups in total. The second kappa shape index (κ2) is 40.8. The normalized spacial score (nSPS) is 24.4. The number of hydrogen-bond acceptors (Lipinski definition) is 10. The number of likely N-dealkylation sites (tertiary alicyclic amines) is 6. The highest BCUT2D eigenvalue weighted by atomic mass is 19.3. The first-order valence-corrected chi connectivity index (χ1v) is 44.9. The molecule has 0 amide bonds. The van der Waals surface area contributed by atoms with Crippen LogP contribution in [0.5, 0.6) is 0 Å². The highest BCUT2D eigenvalue weighted by Crippen LogP contribution is 2.45. The smallest absolute Gasteiger partial charge is 0.320 e. The van der Waals surface area contributed by atoms with Crippen LogP contribution in [0.3, 0.4) is 0 Å². The van der Waals surface area contributed by atoms with Gasteiger partial charge in [-0.2, -0.15) is 0 Å². The molecule has 117 heavy (non-hydrogen) atoms. The van der Waals surface area contributed by atoms with Crippen LogP contribution in [-0.4, -0.2) is 188 Å². The van der Waals surface area contributed by atoms with Gasteiger partial charge in [-0.1, -0.05) is 203 Å². The van der Waals surface area contributed by atoms with Crippen LogP contribution in [0, 0.1) is 66.0 Å². The minimum absolute atomic E-state index is 0.0904. The Balaban J connectivity index is 0.000000145. The number of halogens is 5. The van der Waals surface area contributed by atoms with Gasteiger partial charge in [-0.25, -0.2) is 26.9 Å². The maximum atomic E-state index is 14.7. The third-order valence-electron chi connectivity index (χ3n) is 29.2. The van der Waals surface area contributed by atoms with Crippen LogP contribution in [0.15, 0.2) is 170 Å². The maximum absolute atomic E-state index is 14.7. The van der Waals surface area contributed by atoms with E-state index in [1.165, 1.54) is 123 Å². The van der Waals surface area contributed by atoms with E-state index < -0.39 is 47.7 Å². The summed E-state index contributed by atoms with van der Waals surface area (Å²) in [7, 11) is 0. The number of alkyl halides is 4. The van der Waals surface area contributed by atoms with Crippen LogP contribution in [0.25, 0.3) is 11.0 Å². The Hall–Kier alpha value is -7.39. The molecule has 3 saturated carbocycles. The molecule has 6 aromatic carbocycles. The quantitative estimate of drug-likeness (QED) is 0.0335. The van der Waals surface area contributed by atoms with E-state index in [9.17, 15) is 51.7 Å². The summed E-state index contributed by atoms with van der Waals surface area (Å²) >= 11 is 0. The minimum atomic E-state index is -2.94. The van der Waals surface area contributed by atoms with Gasteiger partial charge in [0, 0.05) is 107 Å².